The molecule has 3 nitrogen and oxygen atoms in total. The predicted molar refractivity (Wildman–Crippen MR) is 51.4 cm³/mol. The second kappa shape index (κ2) is 7.16. The molecule has 4 heteroatoms. The number of amides is 1. The average Bonchev–Trinajstić information content (AvgIpc) is 2.11. The highest BCUT2D eigenvalue weighted by Gasteiger charge is 2.07. The van der Waals surface area contributed by atoms with Gasteiger partial charge < -0.3 is 10.2 Å². The number of hydrogen-bond acceptors (Lipinski definition) is 2. The van der Waals surface area contributed by atoms with Gasteiger partial charge in [-0.2, -0.15) is 0 Å². The Morgan fingerprint density at radius 1 is 1.50 bits per heavy atom. The average molecular weight is 168 g/mol. The summed E-state index contributed by atoms with van der Waals surface area (Å²) < 4.78 is 0. The smallest absolute Gasteiger partial charge is 0.213 e. The van der Waals surface area contributed by atoms with Crippen LogP contribution in [0.25, 0.3) is 0 Å². The predicted octanol–water partition coefficient (Wildman–Crippen LogP) is 0.0312. The number of nitrogens with zero attached hydrogens (tertiary/aromatic N) is 1. The highest BCUT2D eigenvalue weighted by molar-refractivity contribution is 6.19. The van der Waals surface area contributed by atoms with Crippen molar-refractivity contribution in [3.63, 3.8) is 0 Å². The van der Waals surface area contributed by atoms with Crippen molar-refractivity contribution < 1.29 is 4.79 Å². The molecular weight excluding hydrogens is 151 g/mol. The van der Waals surface area contributed by atoms with Crippen LogP contribution in [0.5, 0.6) is 0 Å². The van der Waals surface area contributed by atoms with E-state index < -0.39 is 0 Å². The number of rotatable bonds is 6. The Balaban J connectivity index is 3.76. The molecule has 0 bridgehead atoms. The summed E-state index contributed by atoms with van der Waals surface area (Å²) in [5, 5.41) is 3.00. The first-order chi connectivity index (χ1) is 5.76. The van der Waals surface area contributed by atoms with Crippen LogP contribution in [0.4, 0.5) is 0 Å². The Morgan fingerprint density at radius 2 is 2.17 bits per heavy atom. The summed E-state index contributed by atoms with van der Waals surface area (Å²) >= 11 is 0. The van der Waals surface area contributed by atoms with E-state index in [4.69, 9.17) is 7.85 Å². The van der Waals surface area contributed by atoms with Crippen LogP contribution in [0, 0.1) is 0 Å². The molecule has 0 aliphatic rings. The Hall–Kier alpha value is -0.505. The van der Waals surface area contributed by atoms with Crippen molar-refractivity contribution in [2.45, 2.75) is 19.7 Å². The molecule has 0 heterocycles. The summed E-state index contributed by atoms with van der Waals surface area (Å²) in [6, 6.07) is 0. The maximum absolute atomic E-state index is 11.2. The molecule has 0 saturated carbocycles. The molecule has 0 aromatic rings. The molecule has 2 radical (unpaired) electrons. The highest BCUT2D eigenvalue weighted by Crippen LogP contribution is 1.94. The van der Waals surface area contributed by atoms with Crippen LogP contribution in [0.3, 0.4) is 0 Å². The number of carbonyl (C=O) groups is 1. The molecule has 0 aliphatic heterocycles. The lowest BCUT2D eigenvalue weighted by Gasteiger charge is -2.21. The quantitative estimate of drug-likeness (QED) is 0.567. The third-order valence-corrected chi connectivity index (χ3v) is 1.65. The molecule has 68 valence electrons. The Kier molecular flexibility index (Phi) is 6.86. The summed E-state index contributed by atoms with van der Waals surface area (Å²) in [5.41, 5.74) is 0. The first-order valence-electron chi connectivity index (χ1n) is 4.38. The van der Waals surface area contributed by atoms with Crippen LogP contribution in [0.1, 0.15) is 13.3 Å². The number of likely N-dealkylation sites (N-methyl/N-ethyl adjacent to an activating group) is 1. The van der Waals surface area contributed by atoms with Gasteiger partial charge in [-0.25, -0.2) is 0 Å². The van der Waals surface area contributed by atoms with Crippen molar-refractivity contribution >= 4 is 13.8 Å². The van der Waals surface area contributed by atoms with Gasteiger partial charge in [-0.15, -0.1) is 0 Å². The van der Waals surface area contributed by atoms with Crippen LogP contribution in [-0.4, -0.2) is 45.3 Å². The minimum atomic E-state index is 0.0344. The van der Waals surface area contributed by atoms with Crippen molar-refractivity contribution in [3.05, 3.63) is 0 Å². The first-order valence-corrected chi connectivity index (χ1v) is 4.38. The molecule has 0 spiro atoms. The second-order valence-corrected chi connectivity index (χ2v) is 2.69. The van der Waals surface area contributed by atoms with Crippen molar-refractivity contribution in [3.8, 4) is 0 Å². The monoisotopic (exact) mass is 168 g/mol. The normalized spacial score (nSPS) is 9.83. The van der Waals surface area contributed by atoms with Crippen LogP contribution >= 0.6 is 0 Å². The molecule has 0 aromatic carbocycles. The number of hydrogen-bond donors (Lipinski definition) is 1. The summed E-state index contributed by atoms with van der Waals surface area (Å²) in [6.07, 6.45) is 1.10. The van der Waals surface area contributed by atoms with E-state index in [1.54, 1.807) is 4.90 Å². The van der Waals surface area contributed by atoms with Crippen LogP contribution in [-0.2, 0) is 4.79 Å². The lowest BCUT2D eigenvalue weighted by molar-refractivity contribution is -0.128. The molecule has 0 unspecified atom stereocenters. The van der Waals surface area contributed by atoms with Gasteiger partial charge >= 0.3 is 0 Å². The summed E-state index contributed by atoms with van der Waals surface area (Å²) in [7, 11) is 7.14. The van der Waals surface area contributed by atoms with E-state index in [1.165, 1.54) is 0 Å². The van der Waals surface area contributed by atoms with Crippen molar-refractivity contribution in [1.29, 1.82) is 0 Å². The van der Waals surface area contributed by atoms with Gasteiger partial charge in [-0.3, -0.25) is 4.79 Å². The Bertz CT molecular complexity index is 130. The molecule has 0 aromatic heterocycles. The van der Waals surface area contributed by atoms with Gasteiger partial charge in [-0.1, -0.05) is 6.92 Å². The molecule has 0 fully saturated rings. The van der Waals surface area contributed by atoms with E-state index in [2.05, 4.69) is 12.2 Å². The van der Waals surface area contributed by atoms with Gasteiger partial charge in [0.1, 0.15) is 0 Å². The molecule has 12 heavy (non-hydrogen) atoms. The third-order valence-electron chi connectivity index (χ3n) is 1.65. The van der Waals surface area contributed by atoms with Gasteiger partial charge in [0.2, 0.25) is 5.91 Å². The fourth-order valence-corrected chi connectivity index (χ4v) is 1.01. The molecule has 0 saturated heterocycles. The molecule has 0 atom stereocenters. The largest absolute Gasteiger partial charge is 0.342 e. The molecule has 1 N–H and O–H groups in total. The zero-order chi connectivity index (χ0) is 9.40. The Morgan fingerprint density at radius 3 is 2.58 bits per heavy atom. The summed E-state index contributed by atoms with van der Waals surface area (Å²) in [5.74, 6) is 0.0344. The standard InChI is InChI=1S/C8H17BN2O/c1-3-5-11(6-4-10-2)8(12)7-9/h10H,3-7H2,1-2H3. The lowest BCUT2D eigenvalue weighted by atomic mass is 10.0. The highest BCUT2D eigenvalue weighted by atomic mass is 16.2. The van der Waals surface area contributed by atoms with Crippen LogP contribution in [0.2, 0.25) is 6.32 Å². The van der Waals surface area contributed by atoms with E-state index >= 15 is 0 Å². The molecule has 0 rings (SSSR count). The molecule has 1 amide bonds. The Labute approximate surface area is 75.9 Å². The van der Waals surface area contributed by atoms with Crippen LogP contribution in [0.15, 0.2) is 0 Å². The topological polar surface area (TPSA) is 32.3 Å². The second-order valence-electron chi connectivity index (χ2n) is 2.69. The summed E-state index contributed by atoms with van der Waals surface area (Å²) in [6.45, 7) is 4.43. The van der Waals surface area contributed by atoms with Gasteiger partial charge in [-0.05, 0) is 19.8 Å². The fraction of sp³-hybridized carbons (Fsp3) is 0.875. The van der Waals surface area contributed by atoms with Crippen molar-refractivity contribution in [2.24, 2.45) is 0 Å². The maximum Gasteiger partial charge on any atom is 0.213 e. The minimum absolute atomic E-state index is 0.0344. The summed E-state index contributed by atoms with van der Waals surface area (Å²) in [4.78, 5) is 13.0. The number of carbonyl (C=O) groups excluding carboxylic acids is 1. The van der Waals surface area contributed by atoms with Crippen LogP contribution < -0.4 is 5.32 Å². The third kappa shape index (κ3) is 4.39. The van der Waals surface area contributed by atoms with Crippen molar-refractivity contribution in [2.75, 3.05) is 26.7 Å². The fourth-order valence-electron chi connectivity index (χ4n) is 1.01. The van der Waals surface area contributed by atoms with Crippen molar-refractivity contribution in [1.82, 2.24) is 10.2 Å². The van der Waals surface area contributed by atoms with Gasteiger partial charge in [0.05, 0.1) is 7.85 Å². The van der Waals surface area contributed by atoms with E-state index in [0.29, 0.717) is 0 Å². The maximum atomic E-state index is 11.2. The van der Waals surface area contributed by atoms with E-state index in [1.807, 2.05) is 7.05 Å². The van der Waals surface area contributed by atoms with E-state index in [-0.39, 0.29) is 12.2 Å². The van der Waals surface area contributed by atoms with E-state index in [9.17, 15) is 4.79 Å². The zero-order valence-electron chi connectivity index (χ0n) is 7.97. The molecular formula is C8H17BN2O. The zero-order valence-corrected chi connectivity index (χ0v) is 7.97. The van der Waals surface area contributed by atoms with Gasteiger partial charge in [0.25, 0.3) is 0 Å². The number of nitrogens with one attached hydrogen (secondary N) is 1. The minimum Gasteiger partial charge on any atom is -0.342 e. The SMILES string of the molecule is [B]CC(=O)N(CCC)CCNC. The first kappa shape index (κ1) is 11.5. The van der Waals surface area contributed by atoms with Gasteiger partial charge in [0.15, 0.2) is 0 Å². The lowest BCUT2D eigenvalue weighted by Crippen LogP contribution is -2.36. The molecule has 0 aliphatic carbocycles. The van der Waals surface area contributed by atoms with E-state index in [0.717, 1.165) is 26.1 Å². The van der Waals surface area contributed by atoms with Gasteiger partial charge in [0, 0.05) is 19.6 Å².